The number of aromatic nitrogens is 1. The number of rotatable bonds is 5. The number of aliphatic imine (C=N–C) groups is 2. The topological polar surface area (TPSA) is 94.6 Å². The maximum absolute atomic E-state index is 5.88. The van der Waals surface area contributed by atoms with E-state index >= 15 is 0 Å². The van der Waals surface area contributed by atoms with E-state index in [9.17, 15) is 0 Å². The van der Waals surface area contributed by atoms with Crippen molar-refractivity contribution in [3.05, 3.63) is 36.5 Å². The average Bonchev–Trinajstić information content (AvgIpc) is 2.64. The van der Waals surface area contributed by atoms with E-state index in [0.29, 0.717) is 44.6 Å². The number of hydrogen-bond donors (Lipinski definition) is 1. The van der Waals surface area contributed by atoms with Crippen molar-refractivity contribution in [1.82, 2.24) is 9.88 Å². The number of ether oxygens (including phenoxy) is 3. The summed E-state index contributed by atoms with van der Waals surface area (Å²) in [5.74, 6) is 1.03. The molecule has 1 atom stereocenters. The Bertz CT molecular complexity index is 626. The lowest BCUT2D eigenvalue weighted by atomic mass is 10.2. The van der Waals surface area contributed by atoms with Gasteiger partial charge < -0.3 is 19.9 Å². The van der Waals surface area contributed by atoms with Gasteiger partial charge in [0.1, 0.15) is 25.2 Å². The molecule has 0 aromatic carbocycles. The number of pyridine rings is 1. The first-order valence-corrected chi connectivity index (χ1v) is 8.37. The fourth-order valence-electron chi connectivity index (χ4n) is 2.49. The molecule has 8 heteroatoms. The van der Waals surface area contributed by atoms with Gasteiger partial charge >= 0.3 is 6.02 Å². The number of hydrogen-bond acceptors (Lipinski definition) is 8. The quantitative estimate of drug-likeness (QED) is 0.627. The number of amidine groups is 2. The molecule has 1 fully saturated rings. The Morgan fingerprint density at radius 3 is 2.84 bits per heavy atom. The number of morpholine rings is 1. The van der Waals surface area contributed by atoms with Gasteiger partial charge in [-0.1, -0.05) is 12.1 Å². The van der Waals surface area contributed by atoms with Crippen LogP contribution in [0.1, 0.15) is 6.42 Å². The summed E-state index contributed by atoms with van der Waals surface area (Å²) >= 11 is 0. The van der Waals surface area contributed by atoms with Crippen LogP contribution in [0.15, 0.2) is 46.5 Å². The zero-order valence-corrected chi connectivity index (χ0v) is 14.1. The van der Waals surface area contributed by atoms with E-state index in [1.54, 1.807) is 12.3 Å². The molecule has 3 heterocycles. The molecule has 1 saturated heterocycles. The van der Waals surface area contributed by atoms with Crippen LogP contribution in [0.2, 0.25) is 0 Å². The van der Waals surface area contributed by atoms with E-state index in [0.717, 1.165) is 13.1 Å². The first-order valence-electron chi connectivity index (χ1n) is 8.37. The number of nitrogens with zero attached hydrogens (tertiary/aromatic N) is 4. The number of nitrogens with two attached hydrogens (primary N) is 1. The van der Waals surface area contributed by atoms with Crippen molar-refractivity contribution in [1.29, 1.82) is 0 Å². The molecular formula is C17H23N5O3. The van der Waals surface area contributed by atoms with Gasteiger partial charge in [0, 0.05) is 31.8 Å². The summed E-state index contributed by atoms with van der Waals surface area (Å²) in [5, 5.41) is 0. The third-order valence-electron chi connectivity index (χ3n) is 3.74. The summed E-state index contributed by atoms with van der Waals surface area (Å²) in [6, 6.07) is 5.78. The summed E-state index contributed by atoms with van der Waals surface area (Å²) < 4.78 is 16.6. The molecule has 0 radical (unpaired) electrons. The standard InChI is InChI=1S/C17H23N5O3/c18-14-4-3-5-15(22-8-10-23-11-9-22)21-17(20-14)25-13-12-24-16-6-1-2-7-19-16/h1-3,5-7,15H,4,8-13H2,(H2,18,20,21). The van der Waals surface area contributed by atoms with E-state index < -0.39 is 0 Å². The third-order valence-corrected chi connectivity index (χ3v) is 3.74. The Kier molecular flexibility index (Phi) is 6.35. The molecule has 1 aromatic rings. The van der Waals surface area contributed by atoms with Crippen LogP contribution < -0.4 is 10.5 Å². The van der Waals surface area contributed by atoms with Crippen LogP contribution in [-0.2, 0) is 9.47 Å². The SMILES string of the molecule is N/C1=N/C(OCCOc2ccccn2)=N\C(N2CCOCC2)C=CC1. The van der Waals surface area contributed by atoms with Gasteiger partial charge in [-0.3, -0.25) is 4.90 Å². The van der Waals surface area contributed by atoms with Crippen LogP contribution >= 0.6 is 0 Å². The van der Waals surface area contributed by atoms with E-state index in [-0.39, 0.29) is 12.2 Å². The van der Waals surface area contributed by atoms with Crippen molar-refractivity contribution in [2.75, 3.05) is 39.5 Å². The fourth-order valence-corrected chi connectivity index (χ4v) is 2.49. The monoisotopic (exact) mass is 345 g/mol. The van der Waals surface area contributed by atoms with Crippen molar-refractivity contribution < 1.29 is 14.2 Å². The molecule has 0 saturated carbocycles. The van der Waals surface area contributed by atoms with Crippen LogP contribution in [0.5, 0.6) is 5.88 Å². The second-order valence-corrected chi connectivity index (χ2v) is 5.57. The highest BCUT2D eigenvalue weighted by Gasteiger charge is 2.20. The molecule has 0 amide bonds. The van der Waals surface area contributed by atoms with Crippen molar-refractivity contribution in [2.45, 2.75) is 12.6 Å². The minimum absolute atomic E-state index is 0.118. The summed E-state index contributed by atoms with van der Waals surface area (Å²) in [6.45, 7) is 3.73. The highest BCUT2D eigenvalue weighted by molar-refractivity contribution is 5.93. The molecule has 3 rings (SSSR count). The molecule has 2 aliphatic heterocycles. The summed E-state index contributed by atoms with van der Waals surface area (Å²) in [5.41, 5.74) is 5.88. The van der Waals surface area contributed by atoms with E-state index in [2.05, 4.69) is 19.9 Å². The Hall–Kier alpha value is -2.45. The van der Waals surface area contributed by atoms with Gasteiger partial charge in [-0.25, -0.2) is 9.98 Å². The summed E-state index contributed by atoms with van der Waals surface area (Å²) in [6.07, 6.45) is 6.16. The molecule has 1 aromatic heterocycles. The van der Waals surface area contributed by atoms with Gasteiger partial charge in [-0.15, -0.1) is 0 Å². The minimum atomic E-state index is -0.118. The predicted molar refractivity (Wildman–Crippen MR) is 94.7 cm³/mol. The smallest absolute Gasteiger partial charge is 0.315 e. The summed E-state index contributed by atoms with van der Waals surface area (Å²) in [7, 11) is 0. The van der Waals surface area contributed by atoms with Crippen LogP contribution in [-0.4, -0.2) is 67.4 Å². The second-order valence-electron chi connectivity index (χ2n) is 5.57. The Balaban J connectivity index is 1.57. The van der Waals surface area contributed by atoms with Gasteiger partial charge in [-0.2, -0.15) is 4.99 Å². The van der Waals surface area contributed by atoms with Gasteiger partial charge in [0.2, 0.25) is 5.88 Å². The molecule has 0 spiro atoms. The third kappa shape index (κ3) is 5.54. The van der Waals surface area contributed by atoms with E-state index in [1.807, 2.05) is 24.3 Å². The van der Waals surface area contributed by atoms with E-state index in [1.165, 1.54) is 0 Å². The van der Waals surface area contributed by atoms with Crippen molar-refractivity contribution in [3.63, 3.8) is 0 Å². The van der Waals surface area contributed by atoms with Crippen molar-refractivity contribution in [3.8, 4) is 5.88 Å². The molecule has 1 unspecified atom stereocenters. The molecule has 0 aliphatic carbocycles. The van der Waals surface area contributed by atoms with Crippen LogP contribution in [0.25, 0.3) is 0 Å². The van der Waals surface area contributed by atoms with Crippen LogP contribution in [0.3, 0.4) is 0 Å². The second kappa shape index (κ2) is 9.14. The van der Waals surface area contributed by atoms with Crippen LogP contribution in [0, 0.1) is 0 Å². The first kappa shape index (κ1) is 17.4. The highest BCUT2D eigenvalue weighted by Crippen LogP contribution is 2.11. The lowest BCUT2D eigenvalue weighted by Crippen LogP contribution is -2.42. The maximum atomic E-state index is 5.88. The Labute approximate surface area is 147 Å². The zero-order valence-electron chi connectivity index (χ0n) is 14.1. The molecular weight excluding hydrogens is 322 g/mol. The van der Waals surface area contributed by atoms with Crippen LogP contribution in [0.4, 0.5) is 0 Å². The molecule has 2 N–H and O–H groups in total. The molecule has 134 valence electrons. The Morgan fingerprint density at radius 1 is 1.20 bits per heavy atom. The lowest BCUT2D eigenvalue weighted by molar-refractivity contribution is 0.0265. The average molecular weight is 345 g/mol. The van der Waals surface area contributed by atoms with Gasteiger partial charge in [0.05, 0.1) is 13.2 Å². The predicted octanol–water partition coefficient (Wildman–Crippen LogP) is 0.808. The van der Waals surface area contributed by atoms with Gasteiger partial charge in [0.25, 0.3) is 0 Å². The molecule has 8 nitrogen and oxygen atoms in total. The van der Waals surface area contributed by atoms with Gasteiger partial charge in [0.15, 0.2) is 0 Å². The van der Waals surface area contributed by atoms with Gasteiger partial charge in [-0.05, 0) is 12.1 Å². The fraction of sp³-hybridized carbons (Fsp3) is 0.471. The first-order chi connectivity index (χ1) is 12.3. The molecule has 25 heavy (non-hydrogen) atoms. The summed E-state index contributed by atoms with van der Waals surface area (Å²) in [4.78, 5) is 15.2. The largest absolute Gasteiger partial charge is 0.474 e. The maximum Gasteiger partial charge on any atom is 0.315 e. The van der Waals surface area contributed by atoms with E-state index in [4.69, 9.17) is 19.9 Å². The molecule has 2 aliphatic rings. The molecule has 0 bridgehead atoms. The van der Waals surface area contributed by atoms with Crippen molar-refractivity contribution >= 4 is 11.9 Å². The normalized spacial score (nSPS) is 25.8. The lowest BCUT2D eigenvalue weighted by Gasteiger charge is -2.30. The van der Waals surface area contributed by atoms with Crippen molar-refractivity contribution in [2.24, 2.45) is 15.7 Å². The minimum Gasteiger partial charge on any atom is -0.474 e. The highest BCUT2D eigenvalue weighted by atomic mass is 16.5. The zero-order chi connectivity index (χ0) is 17.3. The Morgan fingerprint density at radius 2 is 2.04 bits per heavy atom.